The van der Waals surface area contributed by atoms with Gasteiger partial charge in [0.2, 0.25) is 16.0 Å². The quantitative estimate of drug-likeness (QED) is 0.357. The Morgan fingerprint density at radius 2 is 1.82 bits per heavy atom. The third-order valence-electron chi connectivity index (χ3n) is 7.29. The minimum Gasteiger partial charge on any atom is -0.261 e. The van der Waals surface area contributed by atoms with Crippen molar-refractivity contribution in [3.8, 4) is 22.5 Å². The van der Waals surface area contributed by atoms with Crippen molar-refractivity contribution < 1.29 is 17.2 Å². The summed E-state index contributed by atoms with van der Waals surface area (Å²) in [6.45, 7) is 5.84. The van der Waals surface area contributed by atoms with Gasteiger partial charge in [0, 0.05) is 18.0 Å². The summed E-state index contributed by atoms with van der Waals surface area (Å²) in [6.07, 6.45) is 8.04. The molecule has 9 nitrogen and oxygen atoms in total. The fourth-order valence-electron chi connectivity index (χ4n) is 5.19. The third kappa shape index (κ3) is 4.96. The third-order valence-corrected chi connectivity index (χ3v) is 7.84. The van der Waals surface area contributed by atoms with Crippen molar-refractivity contribution in [2.24, 2.45) is 0 Å². The first-order chi connectivity index (χ1) is 18.5. The van der Waals surface area contributed by atoms with Crippen molar-refractivity contribution in [2.45, 2.75) is 51.4 Å². The second-order valence-corrected chi connectivity index (χ2v) is 11.6. The molecule has 202 valence electrons. The van der Waals surface area contributed by atoms with Gasteiger partial charge in [0.25, 0.3) is 0 Å². The van der Waals surface area contributed by atoms with Gasteiger partial charge in [-0.25, -0.2) is 32.2 Å². The van der Waals surface area contributed by atoms with E-state index in [9.17, 15) is 17.2 Å². The Kier molecular flexibility index (Phi) is 6.83. The number of halogens is 2. The molecule has 3 heterocycles. The van der Waals surface area contributed by atoms with Crippen LogP contribution in [-0.4, -0.2) is 44.8 Å². The van der Waals surface area contributed by atoms with Crippen LogP contribution in [0.15, 0.2) is 42.9 Å². The van der Waals surface area contributed by atoms with E-state index in [0.29, 0.717) is 29.1 Å². The second kappa shape index (κ2) is 9.99. The number of anilines is 1. The lowest BCUT2D eigenvalue weighted by Gasteiger charge is -2.39. The summed E-state index contributed by atoms with van der Waals surface area (Å²) in [7, 11) is -3.52. The minimum atomic E-state index is -3.52. The fourth-order valence-corrected chi connectivity index (χ4v) is 5.62. The first kappa shape index (κ1) is 26.7. The van der Waals surface area contributed by atoms with Gasteiger partial charge in [-0.2, -0.15) is 5.10 Å². The van der Waals surface area contributed by atoms with E-state index in [0.717, 1.165) is 30.4 Å². The number of hydrogen-bond acceptors (Lipinski definition) is 8. The smallest absolute Gasteiger partial charge is 0.236 e. The lowest BCUT2D eigenvalue weighted by Crippen LogP contribution is -2.35. The maximum absolute atomic E-state index is 14.5. The van der Waals surface area contributed by atoms with Gasteiger partial charge in [0.05, 0.1) is 51.9 Å². The van der Waals surface area contributed by atoms with E-state index in [1.807, 2.05) is 6.92 Å². The number of nitrogens with zero attached hydrogens (tertiary/aromatic N) is 6. The van der Waals surface area contributed by atoms with Gasteiger partial charge in [0.15, 0.2) is 0 Å². The molecule has 12 heteroatoms. The first-order valence-corrected chi connectivity index (χ1v) is 14.4. The number of benzene rings is 1. The highest BCUT2D eigenvalue weighted by Crippen LogP contribution is 2.48. The monoisotopic (exact) mass is 551 g/mol. The van der Waals surface area contributed by atoms with Crippen molar-refractivity contribution >= 4 is 16.0 Å². The van der Waals surface area contributed by atoms with E-state index in [2.05, 4.69) is 36.8 Å². The van der Waals surface area contributed by atoms with Gasteiger partial charge in [-0.05, 0) is 55.9 Å². The summed E-state index contributed by atoms with van der Waals surface area (Å²) in [5.41, 5.74) is 3.29. The van der Waals surface area contributed by atoms with Crippen molar-refractivity contribution in [1.29, 1.82) is 0 Å². The minimum absolute atomic E-state index is 0.0274. The van der Waals surface area contributed by atoms with E-state index in [4.69, 9.17) is 4.98 Å². The molecule has 39 heavy (non-hydrogen) atoms. The van der Waals surface area contributed by atoms with E-state index < -0.39 is 27.1 Å². The molecule has 4 aromatic rings. The Balaban J connectivity index is 1.59. The summed E-state index contributed by atoms with van der Waals surface area (Å²) in [4.78, 5) is 17.8. The molecule has 1 N–H and O–H groups in total. The number of nitrogens with one attached hydrogen (secondary N) is 1. The Bertz CT molecular complexity index is 1660. The molecule has 0 amide bonds. The molecular formula is C27H27F2N7O2S. The lowest BCUT2D eigenvalue weighted by atomic mass is 9.66. The number of fused-ring (bicyclic) bond motifs is 1. The predicted molar refractivity (Wildman–Crippen MR) is 142 cm³/mol. The van der Waals surface area contributed by atoms with Crippen LogP contribution in [0, 0.1) is 18.6 Å². The lowest BCUT2D eigenvalue weighted by molar-refractivity contribution is 0.364. The normalized spacial score (nSPS) is 19.0. The molecule has 3 aromatic heterocycles. The van der Waals surface area contributed by atoms with Crippen molar-refractivity contribution in [1.82, 2.24) is 30.1 Å². The highest BCUT2D eigenvalue weighted by Gasteiger charge is 2.43. The largest absolute Gasteiger partial charge is 0.261 e. The van der Waals surface area contributed by atoms with Crippen LogP contribution >= 0.6 is 0 Å². The standard InChI is InChI=1S/C27H27F2N7O2S/c1-5-27(23-14-30-13-22(33-23)18-12-31-26(32-16(18)3)36-39(4,37)38)10-9-15(2)17-11-21(34-35-25(17)27)24-19(28)7-6-8-20(24)29/h6-8,11-15H,5,9-10H2,1-4H3,(H,31,32,36)/t15-,27+/m0/s1. The molecule has 0 bridgehead atoms. The van der Waals surface area contributed by atoms with Gasteiger partial charge in [-0.1, -0.05) is 19.9 Å². The highest BCUT2D eigenvalue weighted by molar-refractivity contribution is 7.91. The first-order valence-electron chi connectivity index (χ1n) is 12.5. The summed E-state index contributed by atoms with van der Waals surface area (Å²) in [5.74, 6) is -1.31. The van der Waals surface area contributed by atoms with Crippen LogP contribution in [0.25, 0.3) is 22.5 Å². The van der Waals surface area contributed by atoms with Gasteiger partial charge in [0.1, 0.15) is 11.6 Å². The Morgan fingerprint density at radius 1 is 1.08 bits per heavy atom. The molecule has 0 saturated heterocycles. The average Bonchev–Trinajstić information content (AvgIpc) is 2.88. The van der Waals surface area contributed by atoms with Gasteiger partial charge >= 0.3 is 0 Å². The van der Waals surface area contributed by atoms with Crippen LogP contribution < -0.4 is 4.72 Å². The van der Waals surface area contributed by atoms with Crippen LogP contribution in [0.2, 0.25) is 0 Å². The zero-order valence-electron chi connectivity index (χ0n) is 21.9. The second-order valence-electron chi connectivity index (χ2n) is 9.86. The highest BCUT2D eigenvalue weighted by atomic mass is 32.2. The maximum atomic E-state index is 14.5. The summed E-state index contributed by atoms with van der Waals surface area (Å²) >= 11 is 0. The van der Waals surface area contributed by atoms with Crippen LogP contribution in [0.4, 0.5) is 14.7 Å². The van der Waals surface area contributed by atoms with Crippen LogP contribution in [-0.2, 0) is 15.4 Å². The van der Waals surface area contributed by atoms with Crippen LogP contribution in [0.3, 0.4) is 0 Å². The number of sulfonamides is 1. The molecule has 2 atom stereocenters. The molecule has 5 rings (SSSR count). The van der Waals surface area contributed by atoms with Crippen molar-refractivity contribution in [3.63, 3.8) is 0 Å². The molecule has 1 aliphatic carbocycles. The van der Waals surface area contributed by atoms with E-state index >= 15 is 0 Å². The topological polar surface area (TPSA) is 124 Å². The molecule has 0 aliphatic heterocycles. The Morgan fingerprint density at radius 3 is 2.49 bits per heavy atom. The maximum Gasteiger partial charge on any atom is 0.236 e. The van der Waals surface area contributed by atoms with Gasteiger partial charge in [-0.15, -0.1) is 5.10 Å². The molecule has 0 fully saturated rings. The molecule has 1 aromatic carbocycles. The number of aryl methyl sites for hydroxylation is 1. The summed E-state index contributed by atoms with van der Waals surface area (Å²) in [5, 5.41) is 8.82. The van der Waals surface area contributed by atoms with Crippen LogP contribution in [0.5, 0.6) is 0 Å². The van der Waals surface area contributed by atoms with Gasteiger partial charge in [-0.3, -0.25) is 9.71 Å². The molecule has 0 saturated carbocycles. The summed E-state index contributed by atoms with van der Waals surface area (Å²) in [6, 6.07) is 5.46. The Hall–Kier alpha value is -3.93. The van der Waals surface area contributed by atoms with Crippen LogP contribution in [0.1, 0.15) is 61.7 Å². The number of rotatable bonds is 6. The van der Waals surface area contributed by atoms with E-state index in [1.165, 1.54) is 24.4 Å². The Labute approximate surface area is 225 Å². The molecule has 0 radical (unpaired) electrons. The van der Waals surface area contributed by atoms with E-state index in [1.54, 1.807) is 25.4 Å². The van der Waals surface area contributed by atoms with Crippen molar-refractivity contribution in [3.05, 3.63) is 77.1 Å². The fraction of sp³-hybridized carbons (Fsp3) is 0.333. The molecular weight excluding hydrogens is 524 g/mol. The molecule has 1 aliphatic rings. The predicted octanol–water partition coefficient (Wildman–Crippen LogP) is 4.94. The number of hydrogen-bond donors (Lipinski definition) is 1. The zero-order valence-corrected chi connectivity index (χ0v) is 22.7. The number of aromatic nitrogens is 6. The SMILES string of the molecule is CC[C@]1(c2cncc(-c3cnc(NS(C)(=O)=O)nc3C)n2)CC[C@H](C)c2cc(-c3c(F)cccc3F)nnc21. The van der Waals surface area contributed by atoms with E-state index in [-0.39, 0.29) is 23.1 Å². The van der Waals surface area contributed by atoms with Gasteiger partial charge < -0.3 is 0 Å². The molecule has 0 unspecified atom stereocenters. The molecule has 0 spiro atoms. The average molecular weight is 552 g/mol. The van der Waals surface area contributed by atoms with Crippen molar-refractivity contribution in [2.75, 3.05) is 11.0 Å². The zero-order chi connectivity index (χ0) is 27.9. The summed E-state index contributed by atoms with van der Waals surface area (Å²) < 4.78 is 54.4.